The van der Waals surface area contributed by atoms with Crippen LogP contribution in [-0.2, 0) is 6.42 Å². The van der Waals surface area contributed by atoms with Gasteiger partial charge >= 0.3 is 0 Å². The van der Waals surface area contributed by atoms with E-state index in [0.29, 0.717) is 0 Å². The highest BCUT2D eigenvalue weighted by Crippen LogP contribution is 2.24. The predicted octanol–water partition coefficient (Wildman–Crippen LogP) is 3.59. The Kier molecular flexibility index (Phi) is 4.00. The van der Waals surface area contributed by atoms with Gasteiger partial charge in [-0.15, -0.1) is 0 Å². The Balaban J connectivity index is 2.21. The molecule has 0 radical (unpaired) electrons. The van der Waals surface area contributed by atoms with Crippen LogP contribution in [0.25, 0.3) is 0 Å². The van der Waals surface area contributed by atoms with Crippen LogP contribution >= 0.6 is 11.6 Å². The molecule has 1 atom stereocenters. The number of benzene rings is 1. The van der Waals surface area contributed by atoms with Crippen molar-refractivity contribution in [2.45, 2.75) is 26.3 Å². The zero-order chi connectivity index (χ0) is 13.1. The number of nitrogens with zero attached hydrogens (tertiary/aromatic N) is 1. The molecule has 18 heavy (non-hydrogen) atoms. The van der Waals surface area contributed by atoms with E-state index in [4.69, 9.17) is 17.3 Å². The molecule has 2 rings (SSSR count). The largest absolute Gasteiger partial charge is 0.324 e. The number of halogens is 1. The standard InChI is InChI=1S/C15H17ClN2/c1-10-3-4-12(14(16)7-10)8-15(17)13-9-18-6-5-11(13)2/h3-7,9,15H,8,17H2,1-2H3. The summed E-state index contributed by atoms with van der Waals surface area (Å²) in [5.74, 6) is 0. The number of hydrogen-bond donors (Lipinski definition) is 1. The van der Waals surface area contributed by atoms with E-state index < -0.39 is 0 Å². The van der Waals surface area contributed by atoms with Crippen molar-refractivity contribution in [3.8, 4) is 0 Å². The summed E-state index contributed by atoms with van der Waals surface area (Å²) in [5, 5.41) is 0.784. The third-order valence-electron chi connectivity index (χ3n) is 3.13. The topological polar surface area (TPSA) is 38.9 Å². The monoisotopic (exact) mass is 260 g/mol. The Morgan fingerprint density at radius 2 is 2.06 bits per heavy atom. The van der Waals surface area contributed by atoms with E-state index in [2.05, 4.69) is 11.1 Å². The zero-order valence-electron chi connectivity index (χ0n) is 10.7. The molecule has 0 aliphatic heterocycles. The molecule has 3 heteroatoms. The van der Waals surface area contributed by atoms with Crippen molar-refractivity contribution in [1.82, 2.24) is 4.98 Å². The molecule has 94 valence electrons. The molecule has 1 aromatic carbocycles. The van der Waals surface area contributed by atoms with Gasteiger partial charge < -0.3 is 5.73 Å². The van der Waals surface area contributed by atoms with Crippen molar-refractivity contribution in [2.24, 2.45) is 5.73 Å². The summed E-state index contributed by atoms with van der Waals surface area (Å²) in [6, 6.07) is 7.98. The van der Waals surface area contributed by atoms with Crippen LogP contribution in [0.15, 0.2) is 36.7 Å². The molecule has 2 nitrogen and oxygen atoms in total. The Morgan fingerprint density at radius 1 is 1.28 bits per heavy atom. The SMILES string of the molecule is Cc1ccc(CC(N)c2cnccc2C)c(Cl)c1. The zero-order valence-corrected chi connectivity index (χ0v) is 11.4. The molecule has 0 aliphatic carbocycles. The quantitative estimate of drug-likeness (QED) is 0.916. The second-order valence-electron chi connectivity index (χ2n) is 4.64. The summed E-state index contributed by atoms with van der Waals surface area (Å²) in [6.07, 6.45) is 4.35. The van der Waals surface area contributed by atoms with E-state index in [-0.39, 0.29) is 6.04 Å². The summed E-state index contributed by atoms with van der Waals surface area (Å²) < 4.78 is 0. The highest BCUT2D eigenvalue weighted by Gasteiger charge is 2.11. The first kappa shape index (κ1) is 13.1. The van der Waals surface area contributed by atoms with Crippen molar-refractivity contribution in [3.05, 3.63) is 63.9 Å². The van der Waals surface area contributed by atoms with Crippen LogP contribution in [0.2, 0.25) is 5.02 Å². The molecular formula is C15H17ClN2. The molecule has 0 fully saturated rings. The first-order chi connectivity index (χ1) is 8.58. The van der Waals surface area contributed by atoms with Gasteiger partial charge in [-0.05, 0) is 54.7 Å². The van der Waals surface area contributed by atoms with Gasteiger partial charge in [0.25, 0.3) is 0 Å². The van der Waals surface area contributed by atoms with Crippen molar-refractivity contribution >= 4 is 11.6 Å². The fourth-order valence-corrected chi connectivity index (χ4v) is 2.34. The smallest absolute Gasteiger partial charge is 0.0441 e. The first-order valence-corrected chi connectivity index (χ1v) is 6.37. The maximum Gasteiger partial charge on any atom is 0.0441 e. The maximum atomic E-state index is 6.24. The highest BCUT2D eigenvalue weighted by atomic mass is 35.5. The van der Waals surface area contributed by atoms with Gasteiger partial charge in [-0.3, -0.25) is 4.98 Å². The fraction of sp³-hybridized carbons (Fsp3) is 0.267. The molecule has 0 saturated carbocycles. The molecule has 1 aromatic heterocycles. The minimum Gasteiger partial charge on any atom is -0.324 e. The number of aromatic nitrogens is 1. The Bertz CT molecular complexity index is 552. The lowest BCUT2D eigenvalue weighted by molar-refractivity contribution is 0.712. The Morgan fingerprint density at radius 3 is 2.72 bits per heavy atom. The molecule has 0 saturated heterocycles. The van der Waals surface area contributed by atoms with E-state index in [1.807, 2.05) is 38.2 Å². The minimum absolute atomic E-state index is 0.0705. The number of aryl methyl sites for hydroxylation is 2. The predicted molar refractivity (Wildman–Crippen MR) is 75.8 cm³/mol. The van der Waals surface area contributed by atoms with Crippen molar-refractivity contribution in [1.29, 1.82) is 0 Å². The fourth-order valence-electron chi connectivity index (χ4n) is 2.03. The summed E-state index contributed by atoms with van der Waals surface area (Å²) in [6.45, 7) is 4.08. The van der Waals surface area contributed by atoms with Gasteiger partial charge in [0.05, 0.1) is 0 Å². The number of pyridine rings is 1. The van der Waals surface area contributed by atoms with Crippen LogP contribution in [0.1, 0.15) is 28.3 Å². The van der Waals surface area contributed by atoms with Gasteiger partial charge in [-0.25, -0.2) is 0 Å². The van der Waals surface area contributed by atoms with Crippen LogP contribution in [0.4, 0.5) is 0 Å². The lowest BCUT2D eigenvalue weighted by Gasteiger charge is -2.15. The summed E-state index contributed by atoms with van der Waals surface area (Å²) >= 11 is 6.23. The van der Waals surface area contributed by atoms with E-state index in [9.17, 15) is 0 Å². The highest BCUT2D eigenvalue weighted by molar-refractivity contribution is 6.31. The van der Waals surface area contributed by atoms with E-state index in [1.54, 1.807) is 6.20 Å². The van der Waals surface area contributed by atoms with E-state index in [0.717, 1.165) is 28.1 Å². The molecule has 2 aromatic rings. The van der Waals surface area contributed by atoms with E-state index in [1.165, 1.54) is 5.56 Å². The van der Waals surface area contributed by atoms with Crippen molar-refractivity contribution in [3.63, 3.8) is 0 Å². The number of rotatable bonds is 3. The van der Waals surface area contributed by atoms with Crippen LogP contribution < -0.4 is 5.73 Å². The van der Waals surface area contributed by atoms with Gasteiger partial charge in [0, 0.05) is 23.5 Å². The number of hydrogen-bond acceptors (Lipinski definition) is 2. The molecular weight excluding hydrogens is 244 g/mol. The molecule has 0 aliphatic rings. The molecule has 1 heterocycles. The third kappa shape index (κ3) is 2.89. The Hall–Kier alpha value is -1.38. The number of nitrogens with two attached hydrogens (primary N) is 1. The normalized spacial score (nSPS) is 12.4. The minimum atomic E-state index is -0.0705. The second-order valence-corrected chi connectivity index (χ2v) is 5.04. The average molecular weight is 261 g/mol. The molecule has 2 N–H and O–H groups in total. The first-order valence-electron chi connectivity index (χ1n) is 5.99. The van der Waals surface area contributed by atoms with Gasteiger partial charge in [0.15, 0.2) is 0 Å². The van der Waals surface area contributed by atoms with E-state index >= 15 is 0 Å². The van der Waals surface area contributed by atoms with Gasteiger partial charge in [-0.2, -0.15) is 0 Å². The van der Waals surface area contributed by atoms with Crippen LogP contribution in [0, 0.1) is 13.8 Å². The summed E-state index contributed by atoms with van der Waals surface area (Å²) in [7, 11) is 0. The molecule has 1 unspecified atom stereocenters. The Labute approximate surface area is 113 Å². The summed E-state index contributed by atoms with van der Waals surface area (Å²) in [4.78, 5) is 4.13. The third-order valence-corrected chi connectivity index (χ3v) is 3.48. The molecule has 0 spiro atoms. The van der Waals surface area contributed by atoms with Crippen molar-refractivity contribution in [2.75, 3.05) is 0 Å². The van der Waals surface area contributed by atoms with Gasteiger partial charge in [0.2, 0.25) is 0 Å². The summed E-state index contributed by atoms with van der Waals surface area (Å²) in [5.41, 5.74) is 10.7. The average Bonchev–Trinajstić information content (AvgIpc) is 2.33. The lowest BCUT2D eigenvalue weighted by atomic mass is 9.97. The van der Waals surface area contributed by atoms with Crippen molar-refractivity contribution < 1.29 is 0 Å². The maximum absolute atomic E-state index is 6.24. The molecule has 0 bridgehead atoms. The second kappa shape index (κ2) is 5.51. The molecule has 0 amide bonds. The van der Waals surface area contributed by atoms with Gasteiger partial charge in [-0.1, -0.05) is 23.7 Å². The van der Waals surface area contributed by atoms with Crippen LogP contribution in [0.3, 0.4) is 0 Å². The van der Waals surface area contributed by atoms with Crippen LogP contribution in [-0.4, -0.2) is 4.98 Å². The van der Waals surface area contributed by atoms with Crippen LogP contribution in [0.5, 0.6) is 0 Å². The van der Waals surface area contributed by atoms with Gasteiger partial charge in [0.1, 0.15) is 0 Å². The lowest BCUT2D eigenvalue weighted by Crippen LogP contribution is -2.15.